The second-order valence-corrected chi connectivity index (χ2v) is 16.5. The van der Waals surface area contributed by atoms with E-state index in [9.17, 15) is 5.26 Å². The minimum Gasteiger partial charge on any atom is -0.310 e. The normalized spacial score (nSPS) is 11.3. The Morgan fingerprint density at radius 3 is 1.48 bits per heavy atom. The van der Waals surface area contributed by atoms with Crippen LogP contribution in [-0.2, 0) is 0 Å². The van der Waals surface area contributed by atoms with Crippen LogP contribution in [0.3, 0.4) is 0 Å². The average Bonchev–Trinajstić information content (AvgIpc) is 3.72. The van der Waals surface area contributed by atoms with Crippen molar-refractivity contribution in [2.45, 2.75) is 13.8 Å². The van der Waals surface area contributed by atoms with Crippen LogP contribution in [0.4, 0.5) is 17.1 Å². The number of fused-ring (bicyclic) bond motifs is 6. The lowest BCUT2D eigenvalue weighted by atomic mass is 9.92. The summed E-state index contributed by atoms with van der Waals surface area (Å²) in [6.07, 6.45) is 0. The van der Waals surface area contributed by atoms with E-state index in [-0.39, 0.29) is 0 Å². The van der Waals surface area contributed by atoms with Gasteiger partial charge in [0.1, 0.15) is 0 Å². The maximum Gasteiger partial charge on any atom is 0.0994 e. The monoisotopic (exact) mass is 817 g/mol. The van der Waals surface area contributed by atoms with Crippen LogP contribution in [0.15, 0.2) is 224 Å². The Labute approximate surface area is 374 Å². The summed E-state index contributed by atoms with van der Waals surface area (Å²) >= 11 is 0. The summed E-state index contributed by atoms with van der Waals surface area (Å²) in [5, 5.41) is 16.0. The molecule has 11 rings (SSSR count). The Hall–Kier alpha value is -8.45. The molecule has 0 bridgehead atoms. The summed E-state index contributed by atoms with van der Waals surface area (Å²) in [6.45, 7) is 4.18. The molecule has 0 saturated heterocycles. The highest BCUT2D eigenvalue weighted by Gasteiger charge is 2.25. The Morgan fingerprint density at radius 1 is 0.406 bits per heavy atom. The Morgan fingerprint density at radius 2 is 0.891 bits per heavy atom. The Balaban J connectivity index is 1.05. The van der Waals surface area contributed by atoms with Crippen molar-refractivity contribution in [1.29, 1.82) is 5.26 Å². The smallest absolute Gasteiger partial charge is 0.0994 e. The third kappa shape index (κ3) is 6.61. The van der Waals surface area contributed by atoms with Crippen molar-refractivity contribution >= 4 is 49.5 Å². The van der Waals surface area contributed by atoms with Crippen LogP contribution in [0.2, 0.25) is 0 Å². The molecule has 10 aromatic carbocycles. The molecule has 0 aliphatic rings. The predicted octanol–water partition coefficient (Wildman–Crippen LogP) is 16.6. The lowest BCUT2D eigenvalue weighted by molar-refractivity contribution is 1.14. The first-order valence-electron chi connectivity index (χ1n) is 21.8. The van der Waals surface area contributed by atoms with E-state index in [2.05, 4.69) is 235 Å². The third-order valence-electron chi connectivity index (χ3n) is 12.7. The highest BCUT2D eigenvalue weighted by atomic mass is 15.1. The van der Waals surface area contributed by atoms with E-state index in [0.29, 0.717) is 5.56 Å². The Kier molecular flexibility index (Phi) is 9.68. The van der Waals surface area contributed by atoms with Crippen molar-refractivity contribution in [3.05, 3.63) is 241 Å². The molecule has 0 aliphatic heterocycles. The lowest BCUT2D eigenvalue weighted by Gasteiger charge is -2.27. The standard InChI is InChI=1S/C61H43N3/c1-41-38-51(35-30-48(41)40-62)63(52-36-37-53(42(2)39-52)45-16-6-3-7-17-45)49-31-26-43(27-32-49)44-28-33-50(34-29-44)64-60(47-20-10-5-11-21-47)58(46-18-8-4-9-19-46)59-56-24-14-12-22-54(56)55-23-13-15-25-57(55)61(59)64/h3-39H,1-2H3. The summed E-state index contributed by atoms with van der Waals surface area (Å²) in [6, 6.07) is 82.9. The number of hydrogen-bond acceptors (Lipinski definition) is 2. The summed E-state index contributed by atoms with van der Waals surface area (Å²) in [5.74, 6) is 0. The number of aryl methyl sites for hydroxylation is 2. The van der Waals surface area contributed by atoms with E-state index < -0.39 is 0 Å². The molecule has 0 spiro atoms. The number of nitrogens with zero attached hydrogens (tertiary/aromatic N) is 3. The van der Waals surface area contributed by atoms with Gasteiger partial charge in [-0.3, -0.25) is 0 Å². The van der Waals surface area contributed by atoms with Crippen LogP contribution in [0.25, 0.3) is 82.8 Å². The first kappa shape index (κ1) is 38.5. The van der Waals surface area contributed by atoms with Crippen molar-refractivity contribution in [2.75, 3.05) is 4.90 Å². The molecule has 0 N–H and O–H groups in total. The first-order chi connectivity index (χ1) is 31.6. The molecule has 0 amide bonds. The molecular formula is C61H43N3. The van der Waals surface area contributed by atoms with Crippen LogP contribution in [0.5, 0.6) is 0 Å². The predicted molar refractivity (Wildman–Crippen MR) is 269 cm³/mol. The molecule has 1 heterocycles. The van der Waals surface area contributed by atoms with Gasteiger partial charge >= 0.3 is 0 Å². The van der Waals surface area contributed by atoms with Crippen molar-refractivity contribution in [2.24, 2.45) is 0 Å². The fourth-order valence-corrected chi connectivity index (χ4v) is 9.66. The molecule has 0 radical (unpaired) electrons. The van der Waals surface area contributed by atoms with E-state index in [4.69, 9.17) is 0 Å². The molecule has 11 aromatic rings. The quantitative estimate of drug-likeness (QED) is 0.143. The van der Waals surface area contributed by atoms with E-state index in [1.54, 1.807) is 0 Å². The second-order valence-electron chi connectivity index (χ2n) is 16.5. The van der Waals surface area contributed by atoms with Gasteiger partial charge in [-0.25, -0.2) is 0 Å². The minimum atomic E-state index is 0.680. The average molecular weight is 818 g/mol. The van der Waals surface area contributed by atoms with E-state index >= 15 is 0 Å². The zero-order valence-corrected chi connectivity index (χ0v) is 35.7. The van der Waals surface area contributed by atoms with Gasteiger partial charge in [-0.2, -0.15) is 5.26 Å². The molecule has 64 heavy (non-hydrogen) atoms. The van der Waals surface area contributed by atoms with E-state index in [0.717, 1.165) is 45.0 Å². The molecule has 0 fully saturated rings. The van der Waals surface area contributed by atoms with Crippen molar-refractivity contribution < 1.29 is 0 Å². The topological polar surface area (TPSA) is 32.0 Å². The van der Waals surface area contributed by atoms with Crippen molar-refractivity contribution in [3.8, 4) is 56.4 Å². The zero-order chi connectivity index (χ0) is 43.1. The van der Waals surface area contributed by atoms with Gasteiger partial charge in [0.15, 0.2) is 0 Å². The third-order valence-corrected chi connectivity index (χ3v) is 12.7. The van der Waals surface area contributed by atoms with Gasteiger partial charge in [0.2, 0.25) is 0 Å². The SMILES string of the molecule is Cc1cc(N(c2ccc(-c3ccc(-n4c(-c5ccccc5)c(-c5ccccc5)c5c6ccccc6c6ccccc6c54)cc3)cc2)c2ccc(-c3ccccc3)c(C)c2)ccc1C#N. The number of nitriles is 1. The van der Waals surface area contributed by atoms with Crippen molar-refractivity contribution in [1.82, 2.24) is 4.57 Å². The maximum absolute atomic E-state index is 9.75. The minimum absolute atomic E-state index is 0.680. The van der Waals surface area contributed by atoms with E-state index in [1.165, 1.54) is 66.0 Å². The van der Waals surface area contributed by atoms with Gasteiger partial charge in [0.05, 0.1) is 22.8 Å². The fraction of sp³-hybridized carbons (Fsp3) is 0.0328. The van der Waals surface area contributed by atoms with Crippen LogP contribution in [0.1, 0.15) is 16.7 Å². The van der Waals surface area contributed by atoms with Crippen LogP contribution in [0, 0.1) is 25.2 Å². The summed E-state index contributed by atoms with van der Waals surface area (Å²) < 4.78 is 2.50. The molecular weight excluding hydrogens is 775 g/mol. The van der Waals surface area contributed by atoms with Crippen LogP contribution < -0.4 is 4.90 Å². The number of hydrogen-bond donors (Lipinski definition) is 0. The number of anilines is 3. The van der Waals surface area contributed by atoms with Gasteiger partial charge in [0, 0.05) is 39.1 Å². The summed E-state index contributed by atoms with van der Waals surface area (Å²) in [7, 11) is 0. The van der Waals surface area contributed by atoms with Gasteiger partial charge in [-0.1, -0.05) is 170 Å². The molecule has 1 aromatic heterocycles. The molecule has 0 aliphatic carbocycles. The van der Waals surface area contributed by atoms with Crippen molar-refractivity contribution in [3.63, 3.8) is 0 Å². The number of rotatable bonds is 8. The van der Waals surface area contributed by atoms with Crippen LogP contribution >= 0.6 is 0 Å². The van der Waals surface area contributed by atoms with Gasteiger partial charge in [-0.05, 0) is 129 Å². The summed E-state index contributed by atoms with van der Waals surface area (Å²) in [5.41, 5.74) is 17.6. The molecule has 0 atom stereocenters. The second kappa shape index (κ2) is 16.1. The molecule has 3 heteroatoms. The zero-order valence-electron chi connectivity index (χ0n) is 35.7. The molecule has 302 valence electrons. The van der Waals surface area contributed by atoms with Gasteiger partial charge < -0.3 is 9.47 Å². The van der Waals surface area contributed by atoms with Gasteiger partial charge in [0.25, 0.3) is 0 Å². The largest absolute Gasteiger partial charge is 0.310 e. The first-order valence-corrected chi connectivity index (χ1v) is 21.8. The molecule has 0 unspecified atom stereocenters. The summed E-state index contributed by atoms with van der Waals surface area (Å²) in [4.78, 5) is 2.28. The lowest BCUT2D eigenvalue weighted by Crippen LogP contribution is -2.10. The van der Waals surface area contributed by atoms with E-state index in [1.807, 2.05) is 19.1 Å². The molecule has 0 saturated carbocycles. The number of aromatic nitrogens is 1. The highest BCUT2D eigenvalue weighted by molar-refractivity contribution is 6.30. The highest BCUT2D eigenvalue weighted by Crippen LogP contribution is 2.49. The maximum atomic E-state index is 9.75. The van der Waals surface area contributed by atoms with Crippen LogP contribution in [-0.4, -0.2) is 4.57 Å². The Bertz CT molecular complexity index is 3540. The van der Waals surface area contributed by atoms with Gasteiger partial charge in [-0.15, -0.1) is 0 Å². The molecule has 3 nitrogen and oxygen atoms in total. The fourth-order valence-electron chi connectivity index (χ4n) is 9.66. The number of benzene rings is 10.